The van der Waals surface area contributed by atoms with Crippen LogP contribution in [0.4, 0.5) is 0 Å². The molecule has 0 N–H and O–H groups in total. The van der Waals surface area contributed by atoms with E-state index in [0.717, 1.165) is 17.7 Å². The fourth-order valence-electron chi connectivity index (χ4n) is 1.31. The standard InChI is InChI=1S/C11H13BrO2/c1-8-2-3-10(12)4-9(8)5-14-11-6-13-7-11/h2-4,11H,5-7H2,1H3. The molecular formula is C11H13BrO2. The summed E-state index contributed by atoms with van der Waals surface area (Å²) in [6.07, 6.45) is 0.299. The van der Waals surface area contributed by atoms with Gasteiger partial charge >= 0.3 is 0 Å². The van der Waals surface area contributed by atoms with Gasteiger partial charge in [-0.1, -0.05) is 22.0 Å². The number of rotatable bonds is 3. The van der Waals surface area contributed by atoms with E-state index in [0.29, 0.717) is 12.7 Å². The fraction of sp³-hybridized carbons (Fsp3) is 0.455. The average Bonchev–Trinajstić information content (AvgIpc) is 2.08. The molecule has 1 saturated heterocycles. The monoisotopic (exact) mass is 256 g/mol. The predicted octanol–water partition coefficient (Wildman–Crippen LogP) is 2.67. The van der Waals surface area contributed by atoms with Gasteiger partial charge in [-0.15, -0.1) is 0 Å². The lowest BCUT2D eigenvalue weighted by Crippen LogP contribution is -2.35. The first-order chi connectivity index (χ1) is 6.75. The molecule has 2 rings (SSSR count). The second-order valence-electron chi connectivity index (χ2n) is 3.54. The molecule has 3 heteroatoms. The topological polar surface area (TPSA) is 18.5 Å². The van der Waals surface area contributed by atoms with Gasteiger partial charge in [0.2, 0.25) is 0 Å². The van der Waals surface area contributed by atoms with Crippen LogP contribution in [0.2, 0.25) is 0 Å². The van der Waals surface area contributed by atoms with Crippen molar-refractivity contribution in [3.8, 4) is 0 Å². The van der Waals surface area contributed by atoms with Crippen LogP contribution in [0.15, 0.2) is 22.7 Å². The number of aryl methyl sites for hydroxylation is 1. The minimum atomic E-state index is 0.299. The van der Waals surface area contributed by atoms with E-state index in [9.17, 15) is 0 Å². The Morgan fingerprint density at radius 1 is 1.50 bits per heavy atom. The largest absolute Gasteiger partial charge is 0.376 e. The SMILES string of the molecule is Cc1ccc(Br)cc1COC1COC1. The first-order valence-corrected chi connectivity index (χ1v) is 5.49. The van der Waals surface area contributed by atoms with Gasteiger partial charge in [0, 0.05) is 4.47 Å². The summed E-state index contributed by atoms with van der Waals surface area (Å²) < 4.78 is 11.8. The van der Waals surface area contributed by atoms with Gasteiger partial charge in [-0.2, -0.15) is 0 Å². The Morgan fingerprint density at radius 2 is 2.29 bits per heavy atom. The van der Waals surface area contributed by atoms with E-state index in [-0.39, 0.29) is 0 Å². The summed E-state index contributed by atoms with van der Waals surface area (Å²) in [6.45, 7) is 4.27. The molecule has 1 aromatic rings. The fourth-order valence-corrected chi connectivity index (χ4v) is 1.72. The molecule has 0 radical (unpaired) electrons. The van der Waals surface area contributed by atoms with Crippen molar-refractivity contribution in [3.63, 3.8) is 0 Å². The van der Waals surface area contributed by atoms with Crippen LogP contribution in [-0.2, 0) is 16.1 Å². The van der Waals surface area contributed by atoms with Crippen molar-refractivity contribution in [2.24, 2.45) is 0 Å². The zero-order chi connectivity index (χ0) is 9.97. The van der Waals surface area contributed by atoms with Crippen LogP contribution >= 0.6 is 15.9 Å². The number of halogens is 1. The molecule has 0 unspecified atom stereocenters. The van der Waals surface area contributed by atoms with Crippen molar-refractivity contribution in [2.45, 2.75) is 19.6 Å². The summed E-state index contributed by atoms with van der Waals surface area (Å²) in [5.74, 6) is 0. The Bertz CT molecular complexity index is 321. The summed E-state index contributed by atoms with van der Waals surface area (Å²) in [6, 6.07) is 6.25. The highest BCUT2D eigenvalue weighted by molar-refractivity contribution is 9.10. The minimum absolute atomic E-state index is 0.299. The van der Waals surface area contributed by atoms with Crippen molar-refractivity contribution in [1.29, 1.82) is 0 Å². The predicted molar refractivity (Wildman–Crippen MR) is 58.3 cm³/mol. The molecule has 1 heterocycles. The van der Waals surface area contributed by atoms with Crippen LogP contribution in [0.1, 0.15) is 11.1 Å². The van der Waals surface area contributed by atoms with Gasteiger partial charge in [-0.3, -0.25) is 0 Å². The zero-order valence-electron chi connectivity index (χ0n) is 8.13. The Hall–Kier alpha value is -0.380. The maximum Gasteiger partial charge on any atom is 0.105 e. The quantitative estimate of drug-likeness (QED) is 0.828. The molecule has 14 heavy (non-hydrogen) atoms. The molecule has 2 nitrogen and oxygen atoms in total. The van der Waals surface area contributed by atoms with E-state index in [1.807, 2.05) is 6.07 Å². The molecule has 0 amide bonds. The molecule has 0 spiro atoms. The Balaban J connectivity index is 1.96. The average molecular weight is 257 g/mol. The minimum Gasteiger partial charge on any atom is -0.376 e. The van der Waals surface area contributed by atoms with Crippen LogP contribution in [0.5, 0.6) is 0 Å². The summed E-state index contributed by atoms with van der Waals surface area (Å²) in [4.78, 5) is 0. The van der Waals surface area contributed by atoms with Crippen LogP contribution in [0.3, 0.4) is 0 Å². The Kier molecular flexibility index (Phi) is 3.21. The molecule has 0 aromatic heterocycles. The maximum absolute atomic E-state index is 5.65. The van der Waals surface area contributed by atoms with Crippen LogP contribution < -0.4 is 0 Å². The third-order valence-electron chi connectivity index (χ3n) is 2.39. The molecule has 1 fully saturated rings. The van der Waals surface area contributed by atoms with Crippen molar-refractivity contribution in [1.82, 2.24) is 0 Å². The van der Waals surface area contributed by atoms with Crippen LogP contribution in [-0.4, -0.2) is 19.3 Å². The van der Waals surface area contributed by atoms with E-state index in [4.69, 9.17) is 9.47 Å². The van der Waals surface area contributed by atoms with Gasteiger partial charge in [0.15, 0.2) is 0 Å². The van der Waals surface area contributed by atoms with Crippen LogP contribution in [0.25, 0.3) is 0 Å². The first kappa shape index (κ1) is 10.1. The molecule has 0 bridgehead atoms. The van der Waals surface area contributed by atoms with Gasteiger partial charge < -0.3 is 9.47 Å². The van der Waals surface area contributed by atoms with E-state index in [1.165, 1.54) is 11.1 Å². The maximum atomic E-state index is 5.65. The number of hydrogen-bond acceptors (Lipinski definition) is 2. The molecule has 0 aliphatic carbocycles. The number of ether oxygens (including phenoxy) is 2. The van der Waals surface area contributed by atoms with E-state index in [1.54, 1.807) is 0 Å². The van der Waals surface area contributed by atoms with E-state index in [2.05, 4.69) is 35.0 Å². The molecule has 1 aliphatic rings. The molecule has 1 aromatic carbocycles. The Labute approximate surface area is 92.3 Å². The number of benzene rings is 1. The highest BCUT2D eigenvalue weighted by Gasteiger charge is 2.18. The lowest BCUT2D eigenvalue weighted by atomic mass is 10.1. The van der Waals surface area contributed by atoms with E-state index < -0.39 is 0 Å². The number of hydrogen-bond donors (Lipinski definition) is 0. The van der Waals surface area contributed by atoms with Crippen molar-refractivity contribution in [3.05, 3.63) is 33.8 Å². The molecule has 0 saturated carbocycles. The van der Waals surface area contributed by atoms with Crippen molar-refractivity contribution < 1.29 is 9.47 Å². The molecule has 1 aliphatic heterocycles. The summed E-state index contributed by atoms with van der Waals surface area (Å²) in [5.41, 5.74) is 2.51. The first-order valence-electron chi connectivity index (χ1n) is 4.70. The van der Waals surface area contributed by atoms with Crippen molar-refractivity contribution >= 4 is 15.9 Å². The highest BCUT2D eigenvalue weighted by Crippen LogP contribution is 2.18. The summed E-state index contributed by atoms with van der Waals surface area (Å²) >= 11 is 3.45. The van der Waals surface area contributed by atoms with Gasteiger partial charge in [-0.25, -0.2) is 0 Å². The molecular weight excluding hydrogens is 244 g/mol. The highest BCUT2D eigenvalue weighted by atomic mass is 79.9. The second kappa shape index (κ2) is 4.43. The van der Waals surface area contributed by atoms with Crippen molar-refractivity contribution in [2.75, 3.05) is 13.2 Å². The third-order valence-corrected chi connectivity index (χ3v) is 2.89. The van der Waals surface area contributed by atoms with Gasteiger partial charge in [-0.05, 0) is 30.2 Å². The Morgan fingerprint density at radius 3 is 2.93 bits per heavy atom. The third kappa shape index (κ3) is 2.35. The molecule has 76 valence electrons. The lowest BCUT2D eigenvalue weighted by Gasteiger charge is -2.26. The van der Waals surface area contributed by atoms with Gasteiger partial charge in [0.25, 0.3) is 0 Å². The molecule has 0 atom stereocenters. The lowest BCUT2D eigenvalue weighted by molar-refractivity contribution is -0.135. The van der Waals surface area contributed by atoms with Gasteiger partial charge in [0.05, 0.1) is 19.8 Å². The second-order valence-corrected chi connectivity index (χ2v) is 4.46. The normalized spacial score (nSPS) is 16.7. The van der Waals surface area contributed by atoms with Gasteiger partial charge in [0.1, 0.15) is 6.10 Å². The van der Waals surface area contributed by atoms with Crippen LogP contribution in [0, 0.1) is 6.92 Å². The van der Waals surface area contributed by atoms with E-state index >= 15 is 0 Å². The smallest absolute Gasteiger partial charge is 0.105 e. The summed E-state index contributed by atoms with van der Waals surface area (Å²) in [7, 11) is 0. The summed E-state index contributed by atoms with van der Waals surface area (Å²) in [5, 5.41) is 0. The zero-order valence-corrected chi connectivity index (χ0v) is 9.71.